The molecule has 3 heterocycles. The number of hydrogen-bond acceptors (Lipinski definition) is 10. The fourth-order valence-corrected chi connectivity index (χ4v) is 6.06. The van der Waals surface area contributed by atoms with Gasteiger partial charge in [-0.3, -0.25) is 4.98 Å². The molecule has 180 valence electrons. The largest absolute Gasteiger partial charge is 0.396 e. The van der Waals surface area contributed by atoms with Gasteiger partial charge in [-0.25, -0.2) is 9.97 Å². The Bertz CT molecular complexity index is 1210. The fourth-order valence-electron chi connectivity index (χ4n) is 4.99. The standard InChI is InChI=1S/C24H30N6O3S/c1-11-17(23-29-19-16(34-23)7-8-25-18(19)12-5-6-12)22(30-24(26-11)27-14-3-2-4-14)28-15-9-13(10-31)20(32)21(15)33/h7-8,12-15,20-21,31-33H,2-6,9-10H2,1H3,(H2,26,27,28,30)/t13-,15?,20-,21+/m1/s1. The quantitative estimate of drug-likeness (QED) is 0.344. The number of aliphatic hydroxyl groups is 3. The van der Waals surface area contributed by atoms with Crippen molar-refractivity contribution in [2.75, 3.05) is 17.2 Å². The summed E-state index contributed by atoms with van der Waals surface area (Å²) in [5.41, 5.74) is 3.61. The first-order chi connectivity index (χ1) is 16.5. The second-order valence-electron chi connectivity index (χ2n) is 9.87. The van der Waals surface area contributed by atoms with Gasteiger partial charge in [0.25, 0.3) is 0 Å². The van der Waals surface area contributed by atoms with Crippen LogP contribution < -0.4 is 10.6 Å². The summed E-state index contributed by atoms with van der Waals surface area (Å²) in [6, 6.07) is 1.95. The predicted octanol–water partition coefficient (Wildman–Crippen LogP) is 2.81. The monoisotopic (exact) mass is 482 g/mol. The average molecular weight is 483 g/mol. The maximum absolute atomic E-state index is 10.6. The first kappa shape index (κ1) is 22.1. The number of anilines is 2. The van der Waals surface area contributed by atoms with Crippen LogP contribution in [0, 0.1) is 12.8 Å². The van der Waals surface area contributed by atoms with Gasteiger partial charge < -0.3 is 26.0 Å². The molecular weight excluding hydrogens is 452 g/mol. The molecule has 9 nitrogen and oxygen atoms in total. The second-order valence-corrected chi connectivity index (χ2v) is 10.9. The summed E-state index contributed by atoms with van der Waals surface area (Å²) in [5, 5.41) is 38.2. The van der Waals surface area contributed by atoms with Gasteiger partial charge in [0, 0.05) is 30.7 Å². The van der Waals surface area contributed by atoms with Gasteiger partial charge in [0.1, 0.15) is 22.4 Å². The van der Waals surface area contributed by atoms with Crippen LogP contribution in [0.15, 0.2) is 12.3 Å². The highest BCUT2D eigenvalue weighted by Gasteiger charge is 2.41. The Morgan fingerprint density at radius 1 is 1.06 bits per heavy atom. The molecule has 0 saturated heterocycles. The molecular formula is C24H30N6O3S. The van der Waals surface area contributed by atoms with E-state index in [1.54, 1.807) is 11.3 Å². The number of pyridine rings is 1. The molecule has 0 radical (unpaired) electrons. The molecule has 10 heteroatoms. The van der Waals surface area contributed by atoms with Crippen molar-refractivity contribution in [2.24, 2.45) is 5.92 Å². The van der Waals surface area contributed by atoms with Crippen LogP contribution in [0.2, 0.25) is 0 Å². The molecule has 3 aliphatic carbocycles. The summed E-state index contributed by atoms with van der Waals surface area (Å²) in [5.74, 6) is 1.26. The molecule has 3 fully saturated rings. The minimum atomic E-state index is -0.996. The van der Waals surface area contributed by atoms with Crippen LogP contribution >= 0.6 is 11.3 Å². The van der Waals surface area contributed by atoms with Crippen LogP contribution in [0.1, 0.15) is 55.8 Å². The smallest absolute Gasteiger partial charge is 0.225 e. The molecule has 3 aromatic rings. The van der Waals surface area contributed by atoms with Crippen molar-refractivity contribution in [1.29, 1.82) is 0 Å². The summed E-state index contributed by atoms with van der Waals surface area (Å²) >= 11 is 1.59. The first-order valence-electron chi connectivity index (χ1n) is 12.2. The SMILES string of the molecule is Cc1nc(NC2CCC2)nc(NC2C[C@H](CO)[C@@H](O)[C@H]2O)c1-c1nc2c(C3CC3)nccc2s1. The maximum atomic E-state index is 10.6. The van der Waals surface area contributed by atoms with Crippen molar-refractivity contribution in [1.82, 2.24) is 19.9 Å². The van der Waals surface area contributed by atoms with Crippen molar-refractivity contribution < 1.29 is 15.3 Å². The fraction of sp³-hybridized carbons (Fsp3) is 0.583. The van der Waals surface area contributed by atoms with E-state index in [0.717, 1.165) is 57.9 Å². The van der Waals surface area contributed by atoms with E-state index in [1.807, 2.05) is 19.2 Å². The summed E-state index contributed by atoms with van der Waals surface area (Å²) in [4.78, 5) is 19.1. The highest BCUT2D eigenvalue weighted by atomic mass is 32.1. The van der Waals surface area contributed by atoms with Crippen LogP contribution in [0.3, 0.4) is 0 Å². The molecule has 4 atom stereocenters. The molecule has 0 bridgehead atoms. The van der Waals surface area contributed by atoms with Gasteiger partial charge in [0.2, 0.25) is 5.95 Å². The van der Waals surface area contributed by atoms with E-state index in [0.29, 0.717) is 30.1 Å². The zero-order valence-electron chi connectivity index (χ0n) is 19.1. The summed E-state index contributed by atoms with van der Waals surface area (Å²) < 4.78 is 1.09. The molecule has 0 aromatic carbocycles. The molecule has 0 amide bonds. The molecule has 0 aliphatic heterocycles. The van der Waals surface area contributed by atoms with Crippen molar-refractivity contribution >= 4 is 33.3 Å². The third-order valence-electron chi connectivity index (χ3n) is 7.40. The van der Waals surface area contributed by atoms with Crippen molar-refractivity contribution in [3.05, 3.63) is 23.7 Å². The number of nitrogens with one attached hydrogen (secondary N) is 2. The highest BCUT2D eigenvalue weighted by Crippen LogP contribution is 2.44. The number of aryl methyl sites for hydroxylation is 1. The van der Waals surface area contributed by atoms with Crippen molar-refractivity contribution in [2.45, 2.75) is 75.7 Å². The van der Waals surface area contributed by atoms with Gasteiger partial charge in [0.05, 0.1) is 33.8 Å². The number of thiazole rings is 1. The Morgan fingerprint density at radius 2 is 1.88 bits per heavy atom. The molecule has 3 aliphatic rings. The van der Waals surface area contributed by atoms with E-state index in [2.05, 4.69) is 15.6 Å². The number of rotatable bonds is 7. The van der Waals surface area contributed by atoms with Gasteiger partial charge in [-0.1, -0.05) is 0 Å². The third-order valence-corrected chi connectivity index (χ3v) is 8.44. The van der Waals surface area contributed by atoms with E-state index in [4.69, 9.17) is 15.0 Å². The van der Waals surface area contributed by atoms with Gasteiger partial charge in [0.15, 0.2) is 0 Å². The third kappa shape index (κ3) is 3.92. The first-order valence-corrected chi connectivity index (χ1v) is 13.0. The number of nitrogens with zero attached hydrogens (tertiary/aromatic N) is 4. The van der Waals surface area contributed by atoms with Crippen molar-refractivity contribution in [3.8, 4) is 10.6 Å². The molecule has 1 unspecified atom stereocenters. The lowest BCUT2D eigenvalue weighted by Gasteiger charge is -2.27. The zero-order chi connectivity index (χ0) is 23.4. The molecule has 0 spiro atoms. The minimum absolute atomic E-state index is 0.171. The number of aliphatic hydroxyl groups excluding tert-OH is 3. The van der Waals surface area contributed by atoms with Gasteiger partial charge in [-0.05, 0) is 51.5 Å². The topological polar surface area (TPSA) is 136 Å². The van der Waals surface area contributed by atoms with Crippen molar-refractivity contribution in [3.63, 3.8) is 0 Å². The molecule has 5 N–H and O–H groups in total. The predicted molar refractivity (Wildman–Crippen MR) is 131 cm³/mol. The summed E-state index contributed by atoms with van der Waals surface area (Å²) in [6.07, 6.45) is 6.06. The second kappa shape index (κ2) is 8.67. The van der Waals surface area contributed by atoms with E-state index < -0.39 is 18.2 Å². The Hall–Kier alpha value is -2.40. The lowest BCUT2D eigenvalue weighted by Crippen LogP contribution is -2.36. The molecule has 3 aromatic heterocycles. The molecule has 3 saturated carbocycles. The van der Waals surface area contributed by atoms with Crippen LogP contribution in [-0.2, 0) is 0 Å². The van der Waals surface area contributed by atoms with E-state index in [9.17, 15) is 15.3 Å². The number of aromatic nitrogens is 4. The maximum Gasteiger partial charge on any atom is 0.225 e. The van der Waals surface area contributed by atoms with Crippen LogP contribution in [0.4, 0.5) is 11.8 Å². The lowest BCUT2D eigenvalue weighted by molar-refractivity contribution is 0.00446. The minimum Gasteiger partial charge on any atom is -0.396 e. The van der Waals surface area contributed by atoms with E-state index in [-0.39, 0.29) is 12.5 Å². The lowest BCUT2D eigenvalue weighted by atomic mass is 9.93. The van der Waals surface area contributed by atoms with E-state index in [1.165, 1.54) is 6.42 Å². The highest BCUT2D eigenvalue weighted by molar-refractivity contribution is 7.21. The molecule has 6 rings (SSSR count). The Morgan fingerprint density at radius 3 is 2.56 bits per heavy atom. The van der Waals surface area contributed by atoms with Crippen LogP contribution in [0.5, 0.6) is 0 Å². The van der Waals surface area contributed by atoms with Crippen LogP contribution in [-0.4, -0.2) is 66.2 Å². The normalized spacial score (nSPS) is 27.2. The van der Waals surface area contributed by atoms with Gasteiger partial charge in [-0.2, -0.15) is 4.98 Å². The summed E-state index contributed by atoms with van der Waals surface area (Å²) in [6.45, 7) is 1.78. The zero-order valence-corrected chi connectivity index (χ0v) is 19.9. The Kier molecular flexibility index (Phi) is 5.63. The van der Waals surface area contributed by atoms with Gasteiger partial charge >= 0.3 is 0 Å². The number of fused-ring (bicyclic) bond motifs is 1. The van der Waals surface area contributed by atoms with Gasteiger partial charge in [-0.15, -0.1) is 11.3 Å². The molecule has 34 heavy (non-hydrogen) atoms. The van der Waals surface area contributed by atoms with Crippen LogP contribution in [0.25, 0.3) is 20.8 Å². The summed E-state index contributed by atoms with van der Waals surface area (Å²) in [7, 11) is 0. The average Bonchev–Trinajstić information content (AvgIpc) is 3.49. The number of hydrogen-bond donors (Lipinski definition) is 5. The Balaban J connectivity index is 1.41. The van der Waals surface area contributed by atoms with E-state index >= 15 is 0 Å². The Labute approximate surface area is 201 Å².